The van der Waals surface area contributed by atoms with Gasteiger partial charge in [0.1, 0.15) is 0 Å². The van der Waals surface area contributed by atoms with E-state index in [9.17, 15) is 9.59 Å². The highest BCUT2D eigenvalue weighted by Gasteiger charge is 2.27. The molecule has 1 aromatic carbocycles. The Morgan fingerprint density at radius 2 is 1.95 bits per heavy atom. The van der Waals surface area contributed by atoms with Crippen molar-refractivity contribution in [3.8, 4) is 0 Å². The molecule has 2 rings (SSSR count). The normalized spacial score (nSPS) is 17.5. The largest absolute Gasteiger partial charge is 0.481 e. The maximum Gasteiger partial charge on any atom is 0.306 e. The zero-order chi connectivity index (χ0) is 15.4. The van der Waals surface area contributed by atoms with Gasteiger partial charge in [-0.25, -0.2) is 0 Å². The van der Waals surface area contributed by atoms with Crippen molar-refractivity contribution in [1.29, 1.82) is 0 Å². The van der Waals surface area contributed by atoms with Crippen molar-refractivity contribution in [2.45, 2.75) is 32.1 Å². The standard InChI is InChI=1S/C16H20BrNO3/c1-11(13-4-2-3-5-14(13)17)10-15(19)18-8-6-12(7-9-18)16(20)21/h2-5,11-12H,6-10H2,1H3,(H,20,21). The van der Waals surface area contributed by atoms with Gasteiger partial charge >= 0.3 is 5.97 Å². The Labute approximate surface area is 133 Å². The highest BCUT2D eigenvalue weighted by molar-refractivity contribution is 9.10. The van der Waals surface area contributed by atoms with E-state index in [0.29, 0.717) is 32.4 Å². The van der Waals surface area contributed by atoms with Crippen LogP contribution in [0.4, 0.5) is 0 Å². The van der Waals surface area contributed by atoms with Gasteiger partial charge in [0.15, 0.2) is 0 Å². The lowest BCUT2D eigenvalue weighted by molar-refractivity contribution is -0.145. The van der Waals surface area contributed by atoms with Crippen LogP contribution in [-0.2, 0) is 9.59 Å². The zero-order valence-corrected chi connectivity index (χ0v) is 13.7. The number of halogens is 1. The van der Waals surface area contributed by atoms with Gasteiger partial charge in [-0.05, 0) is 30.4 Å². The van der Waals surface area contributed by atoms with Gasteiger partial charge in [-0.3, -0.25) is 9.59 Å². The summed E-state index contributed by atoms with van der Waals surface area (Å²) in [5.41, 5.74) is 1.13. The lowest BCUT2D eigenvalue weighted by Crippen LogP contribution is -2.40. The SMILES string of the molecule is CC(CC(=O)N1CCC(C(=O)O)CC1)c1ccccc1Br. The number of aliphatic carboxylic acids is 1. The molecule has 0 aliphatic carbocycles. The number of carbonyl (C=O) groups is 2. The first-order valence-corrected chi connectivity index (χ1v) is 8.03. The zero-order valence-electron chi connectivity index (χ0n) is 12.1. The third-order valence-electron chi connectivity index (χ3n) is 4.11. The Bertz CT molecular complexity index is 524. The molecule has 0 aromatic heterocycles. The van der Waals surface area contributed by atoms with Crippen molar-refractivity contribution >= 4 is 27.8 Å². The number of hydrogen-bond donors (Lipinski definition) is 1. The van der Waals surface area contributed by atoms with Crippen LogP contribution in [0, 0.1) is 5.92 Å². The molecule has 0 spiro atoms. The van der Waals surface area contributed by atoms with Gasteiger partial charge in [0.05, 0.1) is 5.92 Å². The molecule has 1 saturated heterocycles. The lowest BCUT2D eigenvalue weighted by atomic mass is 9.94. The molecule has 1 aliphatic heterocycles. The second-order valence-corrected chi connectivity index (χ2v) is 6.47. The first-order chi connectivity index (χ1) is 9.99. The fraction of sp³-hybridized carbons (Fsp3) is 0.500. The number of carboxylic acid groups (broad SMARTS) is 1. The molecule has 0 saturated carbocycles. The molecule has 0 bridgehead atoms. The molecule has 0 radical (unpaired) electrons. The quantitative estimate of drug-likeness (QED) is 0.903. The summed E-state index contributed by atoms with van der Waals surface area (Å²) in [6.45, 7) is 3.15. The fourth-order valence-corrected chi connectivity index (χ4v) is 3.43. The summed E-state index contributed by atoms with van der Waals surface area (Å²) in [7, 11) is 0. The van der Waals surface area contributed by atoms with Crippen molar-refractivity contribution in [3.63, 3.8) is 0 Å². The van der Waals surface area contributed by atoms with E-state index in [1.807, 2.05) is 31.2 Å². The molecule has 1 amide bonds. The molecule has 1 fully saturated rings. The summed E-state index contributed by atoms with van der Waals surface area (Å²) < 4.78 is 1.02. The molecule has 21 heavy (non-hydrogen) atoms. The van der Waals surface area contributed by atoms with Crippen LogP contribution >= 0.6 is 15.9 Å². The van der Waals surface area contributed by atoms with E-state index in [1.165, 1.54) is 0 Å². The van der Waals surface area contributed by atoms with Crippen LogP contribution < -0.4 is 0 Å². The number of amides is 1. The third-order valence-corrected chi connectivity index (χ3v) is 4.84. The predicted molar refractivity (Wildman–Crippen MR) is 84.1 cm³/mol. The van der Waals surface area contributed by atoms with Gasteiger partial charge in [0, 0.05) is 24.0 Å². The highest BCUT2D eigenvalue weighted by Crippen LogP contribution is 2.28. The number of benzene rings is 1. The van der Waals surface area contributed by atoms with Gasteiger partial charge in [-0.2, -0.15) is 0 Å². The van der Waals surface area contributed by atoms with Crippen molar-refractivity contribution < 1.29 is 14.7 Å². The van der Waals surface area contributed by atoms with Gasteiger partial charge < -0.3 is 10.0 Å². The number of piperidine rings is 1. The predicted octanol–water partition coefficient (Wildman–Crippen LogP) is 3.27. The molecule has 1 aliphatic rings. The van der Waals surface area contributed by atoms with E-state index in [0.717, 1.165) is 10.0 Å². The first kappa shape index (κ1) is 16.0. The first-order valence-electron chi connectivity index (χ1n) is 7.24. The van der Waals surface area contributed by atoms with E-state index >= 15 is 0 Å². The fourth-order valence-electron chi connectivity index (χ4n) is 2.75. The number of rotatable bonds is 4. The Kier molecular flexibility index (Phi) is 5.39. The minimum atomic E-state index is -0.747. The summed E-state index contributed by atoms with van der Waals surface area (Å²) in [5, 5.41) is 8.98. The molecule has 1 unspecified atom stereocenters. The number of carbonyl (C=O) groups excluding carboxylic acids is 1. The van der Waals surface area contributed by atoms with Crippen LogP contribution in [0.15, 0.2) is 28.7 Å². The summed E-state index contributed by atoms with van der Waals surface area (Å²) >= 11 is 3.52. The number of nitrogens with zero attached hydrogens (tertiary/aromatic N) is 1. The van der Waals surface area contributed by atoms with Crippen LogP contribution in [0.2, 0.25) is 0 Å². The monoisotopic (exact) mass is 353 g/mol. The van der Waals surface area contributed by atoms with Crippen LogP contribution in [0.3, 0.4) is 0 Å². The van der Waals surface area contributed by atoms with Crippen LogP contribution in [0.1, 0.15) is 37.7 Å². The van der Waals surface area contributed by atoms with Crippen molar-refractivity contribution in [3.05, 3.63) is 34.3 Å². The number of carboxylic acids is 1. The van der Waals surface area contributed by atoms with Crippen molar-refractivity contribution in [1.82, 2.24) is 4.90 Å². The minimum Gasteiger partial charge on any atom is -0.481 e. The average Bonchev–Trinajstić information content (AvgIpc) is 2.47. The van der Waals surface area contributed by atoms with Crippen LogP contribution in [0.5, 0.6) is 0 Å². The molecular formula is C16H20BrNO3. The smallest absolute Gasteiger partial charge is 0.306 e. The molecule has 5 heteroatoms. The molecule has 1 aromatic rings. The molecule has 1 atom stereocenters. The summed E-state index contributed by atoms with van der Waals surface area (Å²) in [6.07, 6.45) is 1.58. The summed E-state index contributed by atoms with van der Waals surface area (Å²) in [4.78, 5) is 25.1. The van der Waals surface area contributed by atoms with E-state index in [1.54, 1.807) is 4.90 Å². The number of likely N-dealkylation sites (tertiary alicyclic amines) is 1. The Balaban J connectivity index is 1.90. The van der Waals surface area contributed by atoms with Gasteiger partial charge in [0.2, 0.25) is 5.91 Å². The van der Waals surface area contributed by atoms with Crippen LogP contribution in [-0.4, -0.2) is 35.0 Å². The second-order valence-electron chi connectivity index (χ2n) is 5.62. The second kappa shape index (κ2) is 7.07. The minimum absolute atomic E-state index is 0.113. The van der Waals surface area contributed by atoms with Gasteiger partial charge in [0.25, 0.3) is 0 Å². The average molecular weight is 354 g/mol. The maximum absolute atomic E-state index is 12.3. The Morgan fingerprint density at radius 1 is 1.33 bits per heavy atom. The maximum atomic E-state index is 12.3. The highest BCUT2D eigenvalue weighted by atomic mass is 79.9. The van der Waals surface area contributed by atoms with E-state index < -0.39 is 5.97 Å². The molecule has 1 N–H and O–H groups in total. The Hall–Kier alpha value is -1.36. The third kappa shape index (κ3) is 4.06. The van der Waals surface area contributed by atoms with Crippen molar-refractivity contribution in [2.24, 2.45) is 5.92 Å². The molecular weight excluding hydrogens is 334 g/mol. The summed E-state index contributed by atoms with van der Waals surface area (Å²) in [6, 6.07) is 7.94. The lowest BCUT2D eigenvalue weighted by Gasteiger charge is -2.31. The van der Waals surface area contributed by atoms with Gasteiger partial charge in [-0.1, -0.05) is 41.1 Å². The van der Waals surface area contributed by atoms with Crippen molar-refractivity contribution in [2.75, 3.05) is 13.1 Å². The Morgan fingerprint density at radius 3 is 2.52 bits per heavy atom. The topological polar surface area (TPSA) is 57.6 Å². The van der Waals surface area contributed by atoms with E-state index in [2.05, 4.69) is 15.9 Å². The molecule has 114 valence electrons. The summed E-state index contributed by atoms with van der Waals surface area (Å²) in [5.74, 6) is -0.786. The van der Waals surface area contributed by atoms with E-state index in [-0.39, 0.29) is 17.7 Å². The van der Waals surface area contributed by atoms with Crippen LogP contribution in [0.25, 0.3) is 0 Å². The molecule has 4 nitrogen and oxygen atoms in total. The van der Waals surface area contributed by atoms with E-state index in [4.69, 9.17) is 5.11 Å². The van der Waals surface area contributed by atoms with Gasteiger partial charge in [-0.15, -0.1) is 0 Å². The number of hydrogen-bond acceptors (Lipinski definition) is 2. The molecule has 1 heterocycles.